The maximum absolute atomic E-state index is 10.3. The lowest BCUT2D eigenvalue weighted by Crippen LogP contribution is -2.03. The molecule has 88 valence electrons. The van der Waals surface area contributed by atoms with Crippen LogP contribution in [0.1, 0.15) is 34.2 Å². The first-order valence-electron chi connectivity index (χ1n) is 5.76. The minimum absolute atomic E-state index is 0.645. The summed E-state index contributed by atoms with van der Waals surface area (Å²) in [5.41, 5.74) is 4.85. The SMILES string of the molecule is Cc1cc(C)cc(C(O)c2cccc(C)n2)c1. The molecule has 1 unspecified atom stereocenters. The molecule has 2 rings (SSSR count). The van der Waals surface area contributed by atoms with Crippen LogP contribution in [0, 0.1) is 20.8 Å². The van der Waals surface area contributed by atoms with Gasteiger partial charge in [-0.05, 0) is 38.5 Å². The third kappa shape index (κ3) is 2.71. The number of aromatic nitrogens is 1. The highest BCUT2D eigenvalue weighted by Gasteiger charge is 2.12. The van der Waals surface area contributed by atoms with Crippen molar-refractivity contribution in [3.63, 3.8) is 0 Å². The maximum Gasteiger partial charge on any atom is 0.121 e. The van der Waals surface area contributed by atoms with Gasteiger partial charge in [0.2, 0.25) is 0 Å². The summed E-state index contributed by atoms with van der Waals surface area (Å²) in [4.78, 5) is 4.36. The van der Waals surface area contributed by atoms with E-state index in [2.05, 4.69) is 11.1 Å². The number of benzene rings is 1. The summed E-state index contributed by atoms with van der Waals surface area (Å²) < 4.78 is 0. The highest BCUT2D eigenvalue weighted by atomic mass is 16.3. The molecule has 0 aliphatic carbocycles. The van der Waals surface area contributed by atoms with Gasteiger partial charge in [0, 0.05) is 5.69 Å². The van der Waals surface area contributed by atoms with Crippen LogP contribution >= 0.6 is 0 Å². The third-order valence-electron chi connectivity index (χ3n) is 2.75. The fourth-order valence-electron chi connectivity index (χ4n) is 2.05. The molecule has 2 aromatic rings. The first kappa shape index (κ1) is 11.8. The summed E-state index contributed by atoms with van der Waals surface area (Å²) in [6.07, 6.45) is -0.645. The molecule has 0 saturated heterocycles. The van der Waals surface area contributed by atoms with Crippen molar-refractivity contribution in [1.29, 1.82) is 0 Å². The highest BCUT2D eigenvalue weighted by molar-refractivity contribution is 5.33. The number of aryl methyl sites for hydroxylation is 3. The van der Waals surface area contributed by atoms with Crippen molar-refractivity contribution in [2.24, 2.45) is 0 Å². The number of rotatable bonds is 2. The first-order valence-corrected chi connectivity index (χ1v) is 5.76. The van der Waals surface area contributed by atoms with Crippen LogP contribution < -0.4 is 0 Å². The predicted molar refractivity (Wildman–Crippen MR) is 69.0 cm³/mol. The number of pyridine rings is 1. The van der Waals surface area contributed by atoms with E-state index in [1.165, 1.54) is 0 Å². The lowest BCUT2D eigenvalue weighted by molar-refractivity contribution is 0.215. The van der Waals surface area contributed by atoms with Gasteiger partial charge in [0.15, 0.2) is 0 Å². The van der Waals surface area contributed by atoms with Gasteiger partial charge < -0.3 is 5.11 Å². The van der Waals surface area contributed by atoms with Crippen molar-refractivity contribution in [2.75, 3.05) is 0 Å². The van der Waals surface area contributed by atoms with E-state index in [9.17, 15) is 5.11 Å². The Bertz CT molecular complexity index is 514. The Morgan fingerprint density at radius 2 is 1.65 bits per heavy atom. The van der Waals surface area contributed by atoms with Gasteiger partial charge in [-0.25, -0.2) is 0 Å². The number of hydrogen-bond donors (Lipinski definition) is 1. The van der Waals surface area contributed by atoms with Crippen LogP contribution in [-0.2, 0) is 0 Å². The van der Waals surface area contributed by atoms with E-state index < -0.39 is 6.10 Å². The van der Waals surface area contributed by atoms with Gasteiger partial charge in [0.1, 0.15) is 6.10 Å². The lowest BCUT2D eigenvalue weighted by Gasteiger charge is -2.12. The second-order valence-corrected chi connectivity index (χ2v) is 4.53. The second-order valence-electron chi connectivity index (χ2n) is 4.53. The Kier molecular flexibility index (Phi) is 3.25. The van der Waals surface area contributed by atoms with E-state index >= 15 is 0 Å². The fraction of sp³-hybridized carbons (Fsp3) is 0.267. The molecular weight excluding hydrogens is 210 g/mol. The summed E-state index contributed by atoms with van der Waals surface area (Å²) in [6.45, 7) is 6.00. The van der Waals surface area contributed by atoms with E-state index in [1.807, 2.05) is 51.1 Å². The zero-order chi connectivity index (χ0) is 12.4. The lowest BCUT2D eigenvalue weighted by atomic mass is 10.0. The average molecular weight is 227 g/mol. The zero-order valence-corrected chi connectivity index (χ0v) is 10.4. The number of nitrogens with zero attached hydrogens (tertiary/aromatic N) is 1. The molecule has 1 atom stereocenters. The molecule has 1 heterocycles. The van der Waals surface area contributed by atoms with Gasteiger partial charge in [0.25, 0.3) is 0 Å². The molecule has 0 aliphatic rings. The smallest absolute Gasteiger partial charge is 0.121 e. The molecule has 0 saturated carbocycles. The molecule has 17 heavy (non-hydrogen) atoms. The normalized spacial score (nSPS) is 12.5. The molecular formula is C15H17NO. The van der Waals surface area contributed by atoms with E-state index in [4.69, 9.17) is 0 Å². The van der Waals surface area contributed by atoms with Gasteiger partial charge in [-0.2, -0.15) is 0 Å². The summed E-state index contributed by atoms with van der Waals surface area (Å²) in [6, 6.07) is 11.8. The first-order chi connectivity index (χ1) is 8.06. The van der Waals surface area contributed by atoms with Crippen LogP contribution in [0.15, 0.2) is 36.4 Å². The Morgan fingerprint density at radius 3 is 2.24 bits per heavy atom. The largest absolute Gasteiger partial charge is 0.382 e. The highest BCUT2D eigenvalue weighted by Crippen LogP contribution is 2.22. The maximum atomic E-state index is 10.3. The van der Waals surface area contributed by atoms with Crippen molar-refractivity contribution in [1.82, 2.24) is 4.98 Å². The number of aliphatic hydroxyl groups excluding tert-OH is 1. The van der Waals surface area contributed by atoms with E-state index in [1.54, 1.807) is 0 Å². The van der Waals surface area contributed by atoms with Crippen molar-refractivity contribution >= 4 is 0 Å². The third-order valence-corrected chi connectivity index (χ3v) is 2.75. The van der Waals surface area contributed by atoms with Crippen LogP contribution in [0.25, 0.3) is 0 Å². The van der Waals surface area contributed by atoms with Crippen molar-refractivity contribution in [2.45, 2.75) is 26.9 Å². The number of aliphatic hydroxyl groups is 1. The molecule has 1 aromatic carbocycles. The molecule has 0 spiro atoms. The Morgan fingerprint density at radius 1 is 1.00 bits per heavy atom. The topological polar surface area (TPSA) is 33.1 Å². The van der Waals surface area contributed by atoms with Crippen molar-refractivity contribution in [3.05, 3.63) is 64.5 Å². The minimum Gasteiger partial charge on any atom is -0.382 e. The van der Waals surface area contributed by atoms with Gasteiger partial charge in [0.05, 0.1) is 5.69 Å². The summed E-state index contributed by atoms with van der Waals surface area (Å²) in [5, 5.41) is 10.3. The Balaban J connectivity index is 2.39. The molecule has 1 N–H and O–H groups in total. The van der Waals surface area contributed by atoms with E-state index in [0.29, 0.717) is 5.69 Å². The molecule has 0 amide bonds. The quantitative estimate of drug-likeness (QED) is 0.855. The predicted octanol–water partition coefficient (Wildman–Crippen LogP) is 3.09. The molecule has 2 heteroatoms. The molecule has 0 bridgehead atoms. The molecule has 0 aliphatic heterocycles. The molecule has 0 fully saturated rings. The van der Waals surface area contributed by atoms with Gasteiger partial charge >= 0.3 is 0 Å². The van der Waals surface area contributed by atoms with Crippen LogP contribution in [0.4, 0.5) is 0 Å². The van der Waals surface area contributed by atoms with Gasteiger partial charge in [-0.1, -0.05) is 35.4 Å². The van der Waals surface area contributed by atoms with Crippen molar-refractivity contribution in [3.8, 4) is 0 Å². The zero-order valence-electron chi connectivity index (χ0n) is 10.4. The van der Waals surface area contributed by atoms with Crippen molar-refractivity contribution < 1.29 is 5.11 Å². The van der Waals surface area contributed by atoms with Crippen LogP contribution in [0.2, 0.25) is 0 Å². The van der Waals surface area contributed by atoms with Crippen LogP contribution in [0.5, 0.6) is 0 Å². The summed E-state index contributed by atoms with van der Waals surface area (Å²) in [5.74, 6) is 0. The van der Waals surface area contributed by atoms with E-state index in [0.717, 1.165) is 22.4 Å². The Labute approximate surface area is 102 Å². The molecule has 1 aromatic heterocycles. The van der Waals surface area contributed by atoms with E-state index in [-0.39, 0.29) is 0 Å². The van der Waals surface area contributed by atoms with Crippen LogP contribution in [-0.4, -0.2) is 10.1 Å². The van der Waals surface area contributed by atoms with Gasteiger partial charge in [-0.15, -0.1) is 0 Å². The molecule has 2 nitrogen and oxygen atoms in total. The van der Waals surface area contributed by atoms with Crippen LogP contribution in [0.3, 0.4) is 0 Å². The molecule has 0 radical (unpaired) electrons. The monoisotopic (exact) mass is 227 g/mol. The second kappa shape index (κ2) is 4.68. The Hall–Kier alpha value is -1.67. The average Bonchev–Trinajstić information content (AvgIpc) is 2.26. The number of hydrogen-bond acceptors (Lipinski definition) is 2. The summed E-state index contributed by atoms with van der Waals surface area (Å²) in [7, 11) is 0. The fourth-order valence-corrected chi connectivity index (χ4v) is 2.05. The standard InChI is InChI=1S/C15H17NO/c1-10-7-11(2)9-13(8-10)15(17)14-6-4-5-12(3)16-14/h4-9,15,17H,1-3H3. The minimum atomic E-state index is -0.645. The van der Waals surface area contributed by atoms with Gasteiger partial charge in [-0.3, -0.25) is 4.98 Å². The summed E-state index contributed by atoms with van der Waals surface area (Å²) >= 11 is 0.